The number of aromatic nitrogens is 2. The van der Waals surface area contributed by atoms with Gasteiger partial charge in [0.15, 0.2) is 0 Å². The third kappa shape index (κ3) is 3.98. The molecule has 1 rings (SSSR count). The Hall–Kier alpha value is -0.920. The summed E-state index contributed by atoms with van der Waals surface area (Å²) in [4.78, 5) is 2.04. The predicted molar refractivity (Wildman–Crippen MR) is 60.3 cm³/mol. The number of hydrogen-bond acceptors (Lipinski definition) is 7. The molecule has 0 atom stereocenters. The number of methoxy groups -OCH3 is 2. The van der Waals surface area contributed by atoms with E-state index < -0.39 is 0 Å². The van der Waals surface area contributed by atoms with Gasteiger partial charge in [-0.25, -0.2) is 0 Å². The molecule has 0 aromatic carbocycles. The number of ether oxygens (including phenoxy) is 2. The van der Waals surface area contributed by atoms with Gasteiger partial charge in [0.2, 0.25) is 10.3 Å². The molecule has 0 aliphatic rings. The van der Waals surface area contributed by atoms with Gasteiger partial charge in [0, 0.05) is 27.3 Å². The molecule has 0 aliphatic carbocycles. The van der Waals surface area contributed by atoms with Crippen LogP contribution in [0.3, 0.4) is 0 Å². The van der Waals surface area contributed by atoms with Crippen molar-refractivity contribution in [3.05, 3.63) is 0 Å². The van der Waals surface area contributed by atoms with Crippen molar-refractivity contribution in [2.45, 2.75) is 0 Å². The third-order valence-corrected chi connectivity index (χ3v) is 2.64. The zero-order chi connectivity index (χ0) is 11.1. The van der Waals surface area contributed by atoms with Crippen molar-refractivity contribution in [2.75, 3.05) is 51.2 Å². The standard InChI is InChI=1S/C8H16N4O2S/c1-13-5-3-12(4-6-14-2)8-11-10-7(9)15-8/h3-6H2,1-2H3,(H2,9,10). The Morgan fingerprint density at radius 1 is 1.20 bits per heavy atom. The molecule has 1 aromatic rings. The fourth-order valence-electron chi connectivity index (χ4n) is 1.06. The Morgan fingerprint density at radius 2 is 1.80 bits per heavy atom. The highest BCUT2D eigenvalue weighted by Gasteiger charge is 2.10. The molecular formula is C8H16N4O2S. The van der Waals surface area contributed by atoms with E-state index in [0.29, 0.717) is 18.3 Å². The van der Waals surface area contributed by atoms with Crippen LogP contribution < -0.4 is 10.6 Å². The Morgan fingerprint density at radius 3 is 2.20 bits per heavy atom. The minimum atomic E-state index is 0.477. The zero-order valence-electron chi connectivity index (χ0n) is 8.97. The second-order valence-corrected chi connectivity index (χ2v) is 3.88. The van der Waals surface area contributed by atoms with Crippen molar-refractivity contribution >= 4 is 21.6 Å². The average molecular weight is 232 g/mol. The molecule has 1 aromatic heterocycles. The van der Waals surface area contributed by atoms with Crippen LogP contribution in [-0.4, -0.2) is 50.7 Å². The molecule has 0 saturated heterocycles. The van der Waals surface area contributed by atoms with E-state index in [1.54, 1.807) is 14.2 Å². The Labute approximate surface area is 93.0 Å². The van der Waals surface area contributed by atoms with Crippen molar-refractivity contribution < 1.29 is 9.47 Å². The first-order chi connectivity index (χ1) is 7.27. The Balaban J connectivity index is 2.54. The summed E-state index contributed by atoms with van der Waals surface area (Å²) in [6, 6.07) is 0. The second kappa shape index (κ2) is 6.54. The number of anilines is 2. The van der Waals surface area contributed by atoms with Crippen molar-refractivity contribution in [1.82, 2.24) is 10.2 Å². The molecule has 0 spiro atoms. The molecule has 0 bridgehead atoms. The van der Waals surface area contributed by atoms with E-state index in [0.717, 1.165) is 18.2 Å². The maximum absolute atomic E-state index is 5.53. The lowest BCUT2D eigenvalue weighted by Crippen LogP contribution is -2.30. The third-order valence-electron chi connectivity index (χ3n) is 1.83. The average Bonchev–Trinajstić information content (AvgIpc) is 2.65. The van der Waals surface area contributed by atoms with E-state index in [2.05, 4.69) is 10.2 Å². The van der Waals surface area contributed by atoms with Gasteiger partial charge in [0.25, 0.3) is 0 Å². The topological polar surface area (TPSA) is 73.5 Å². The van der Waals surface area contributed by atoms with Gasteiger partial charge in [0.05, 0.1) is 13.2 Å². The predicted octanol–water partition coefficient (Wildman–Crippen LogP) is 0.220. The lowest BCUT2D eigenvalue weighted by molar-refractivity contribution is 0.190. The number of hydrogen-bond donors (Lipinski definition) is 1. The lowest BCUT2D eigenvalue weighted by atomic mass is 10.5. The van der Waals surface area contributed by atoms with Crippen LogP contribution in [0, 0.1) is 0 Å². The fraction of sp³-hybridized carbons (Fsp3) is 0.750. The SMILES string of the molecule is COCCN(CCOC)c1nnc(N)s1. The number of nitrogens with zero attached hydrogens (tertiary/aromatic N) is 3. The minimum absolute atomic E-state index is 0.477. The van der Waals surface area contributed by atoms with Crippen LogP contribution in [0.2, 0.25) is 0 Å². The number of nitrogens with two attached hydrogens (primary N) is 1. The number of nitrogen functional groups attached to an aromatic ring is 1. The molecule has 2 N–H and O–H groups in total. The summed E-state index contributed by atoms with van der Waals surface area (Å²) in [7, 11) is 3.34. The molecule has 6 nitrogen and oxygen atoms in total. The largest absolute Gasteiger partial charge is 0.383 e. The summed E-state index contributed by atoms with van der Waals surface area (Å²) in [6.07, 6.45) is 0. The molecular weight excluding hydrogens is 216 g/mol. The molecule has 0 unspecified atom stereocenters. The van der Waals surface area contributed by atoms with Crippen LogP contribution in [0.15, 0.2) is 0 Å². The molecule has 86 valence electrons. The quantitative estimate of drug-likeness (QED) is 0.725. The van der Waals surface area contributed by atoms with Gasteiger partial charge in [-0.05, 0) is 0 Å². The lowest BCUT2D eigenvalue weighted by Gasteiger charge is -2.19. The van der Waals surface area contributed by atoms with Gasteiger partial charge in [-0.3, -0.25) is 0 Å². The molecule has 0 saturated carbocycles. The molecule has 0 radical (unpaired) electrons. The van der Waals surface area contributed by atoms with Crippen LogP contribution in [0.25, 0.3) is 0 Å². The molecule has 7 heteroatoms. The maximum Gasteiger partial charge on any atom is 0.210 e. The van der Waals surface area contributed by atoms with Gasteiger partial charge >= 0.3 is 0 Å². The summed E-state index contributed by atoms with van der Waals surface area (Å²) in [5.74, 6) is 0. The molecule has 0 amide bonds. The first-order valence-electron chi connectivity index (χ1n) is 4.59. The van der Waals surface area contributed by atoms with Gasteiger partial charge in [-0.2, -0.15) is 0 Å². The monoisotopic (exact) mass is 232 g/mol. The first kappa shape index (κ1) is 12.2. The van der Waals surface area contributed by atoms with E-state index in [-0.39, 0.29) is 0 Å². The Bertz CT molecular complexity index is 273. The normalized spacial score (nSPS) is 10.5. The van der Waals surface area contributed by atoms with Crippen molar-refractivity contribution in [2.24, 2.45) is 0 Å². The van der Waals surface area contributed by atoms with Gasteiger partial charge in [-0.15, -0.1) is 10.2 Å². The summed E-state index contributed by atoms with van der Waals surface area (Å²) >= 11 is 1.37. The van der Waals surface area contributed by atoms with E-state index in [4.69, 9.17) is 15.2 Å². The summed E-state index contributed by atoms with van der Waals surface area (Å²) in [5, 5.41) is 9.04. The second-order valence-electron chi connectivity index (χ2n) is 2.90. The van der Waals surface area contributed by atoms with Gasteiger partial charge in [0.1, 0.15) is 0 Å². The van der Waals surface area contributed by atoms with E-state index in [9.17, 15) is 0 Å². The zero-order valence-corrected chi connectivity index (χ0v) is 9.79. The molecule has 15 heavy (non-hydrogen) atoms. The smallest absolute Gasteiger partial charge is 0.210 e. The summed E-state index contributed by atoms with van der Waals surface area (Å²) in [6.45, 7) is 2.80. The molecule has 1 heterocycles. The van der Waals surface area contributed by atoms with Crippen LogP contribution in [0.4, 0.5) is 10.3 Å². The van der Waals surface area contributed by atoms with Crippen LogP contribution in [0.1, 0.15) is 0 Å². The fourth-order valence-corrected chi connectivity index (χ4v) is 1.72. The van der Waals surface area contributed by atoms with E-state index in [1.165, 1.54) is 11.3 Å². The highest BCUT2D eigenvalue weighted by atomic mass is 32.1. The number of rotatable bonds is 7. The van der Waals surface area contributed by atoms with Crippen molar-refractivity contribution in [3.8, 4) is 0 Å². The molecule has 0 fully saturated rings. The first-order valence-corrected chi connectivity index (χ1v) is 5.41. The van der Waals surface area contributed by atoms with E-state index in [1.807, 2.05) is 4.90 Å². The summed E-state index contributed by atoms with van der Waals surface area (Å²) in [5.41, 5.74) is 5.53. The highest BCUT2D eigenvalue weighted by Crippen LogP contribution is 2.20. The van der Waals surface area contributed by atoms with Crippen LogP contribution in [0.5, 0.6) is 0 Å². The van der Waals surface area contributed by atoms with Gasteiger partial charge < -0.3 is 20.1 Å². The van der Waals surface area contributed by atoms with Crippen molar-refractivity contribution in [3.63, 3.8) is 0 Å². The van der Waals surface area contributed by atoms with Crippen LogP contribution in [-0.2, 0) is 9.47 Å². The van der Waals surface area contributed by atoms with Crippen molar-refractivity contribution in [1.29, 1.82) is 0 Å². The van der Waals surface area contributed by atoms with E-state index >= 15 is 0 Å². The Kier molecular flexibility index (Phi) is 5.30. The highest BCUT2D eigenvalue weighted by molar-refractivity contribution is 7.18. The minimum Gasteiger partial charge on any atom is -0.383 e. The maximum atomic E-state index is 5.53. The van der Waals surface area contributed by atoms with Gasteiger partial charge in [-0.1, -0.05) is 11.3 Å². The summed E-state index contributed by atoms with van der Waals surface area (Å²) < 4.78 is 10.0. The van der Waals surface area contributed by atoms with Crippen LogP contribution >= 0.6 is 11.3 Å². The molecule has 0 aliphatic heterocycles.